The molecule has 1 aromatic rings. The smallest absolute Gasteiger partial charge is 0.254 e. The Hall–Kier alpha value is -1.42. The Kier molecular flexibility index (Phi) is 5.74. The lowest BCUT2D eigenvalue weighted by Crippen LogP contribution is -2.43. The molecule has 0 unspecified atom stereocenters. The van der Waals surface area contributed by atoms with Crippen LogP contribution in [-0.4, -0.2) is 37.1 Å². The number of ether oxygens (including phenoxy) is 1. The largest absolute Gasteiger partial charge is 0.385 e. The molecule has 0 bridgehead atoms. The first-order chi connectivity index (χ1) is 10.1. The van der Waals surface area contributed by atoms with Gasteiger partial charge in [0, 0.05) is 31.9 Å². The number of benzene rings is 1. The van der Waals surface area contributed by atoms with Crippen LogP contribution >= 0.6 is 0 Å². The van der Waals surface area contributed by atoms with E-state index in [4.69, 9.17) is 4.74 Å². The third-order valence-electron chi connectivity index (χ3n) is 4.18. The molecule has 0 aliphatic carbocycles. The van der Waals surface area contributed by atoms with Crippen molar-refractivity contribution in [2.45, 2.75) is 45.1 Å². The van der Waals surface area contributed by atoms with E-state index in [1.54, 1.807) is 26.2 Å². The molecule has 0 saturated carbocycles. The second kappa shape index (κ2) is 7.55. The zero-order chi connectivity index (χ0) is 15.2. The molecule has 0 aromatic heterocycles. The van der Waals surface area contributed by atoms with E-state index in [1.807, 2.05) is 4.90 Å². The average Bonchev–Trinajstić information content (AvgIpc) is 2.50. The highest BCUT2D eigenvalue weighted by Crippen LogP contribution is 2.23. The Morgan fingerprint density at radius 1 is 1.43 bits per heavy atom. The van der Waals surface area contributed by atoms with Crippen molar-refractivity contribution in [1.29, 1.82) is 0 Å². The first kappa shape index (κ1) is 16.0. The van der Waals surface area contributed by atoms with Crippen LogP contribution in [0.5, 0.6) is 0 Å². The van der Waals surface area contributed by atoms with E-state index in [-0.39, 0.29) is 17.8 Å². The van der Waals surface area contributed by atoms with Gasteiger partial charge in [-0.25, -0.2) is 4.39 Å². The molecule has 1 atom stereocenters. The van der Waals surface area contributed by atoms with Gasteiger partial charge in [-0.05, 0) is 62.8 Å². The number of hydrogen-bond donors (Lipinski definition) is 0. The molecular weight excluding hydrogens is 269 g/mol. The van der Waals surface area contributed by atoms with Crippen LogP contribution in [0.15, 0.2) is 18.2 Å². The predicted octanol–water partition coefficient (Wildman–Crippen LogP) is 3.56. The summed E-state index contributed by atoms with van der Waals surface area (Å²) in [5.41, 5.74) is 1.11. The van der Waals surface area contributed by atoms with E-state index >= 15 is 0 Å². The standard InChI is InChI=1S/C17H24FNO2/c1-13-12-14(8-9-16(13)18)17(20)19-10-4-3-6-15(19)7-5-11-21-2/h8-9,12,15H,3-7,10-11H2,1-2H3/t15-/m1/s1. The van der Waals surface area contributed by atoms with E-state index in [9.17, 15) is 9.18 Å². The van der Waals surface area contributed by atoms with Crippen molar-refractivity contribution in [1.82, 2.24) is 4.90 Å². The van der Waals surface area contributed by atoms with Crippen molar-refractivity contribution in [3.8, 4) is 0 Å². The Labute approximate surface area is 126 Å². The molecule has 0 radical (unpaired) electrons. The third kappa shape index (κ3) is 4.03. The highest BCUT2D eigenvalue weighted by Gasteiger charge is 2.27. The normalized spacial score (nSPS) is 18.8. The van der Waals surface area contributed by atoms with Gasteiger partial charge in [-0.3, -0.25) is 4.79 Å². The molecule has 116 valence electrons. The molecule has 1 aliphatic rings. The fourth-order valence-electron chi connectivity index (χ4n) is 2.97. The number of likely N-dealkylation sites (tertiary alicyclic amines) is 1. The van der Waals surface area contributed by atoms with Crippen molar-refractivity contribution in [2.75, 3.05) is 20.3 Å². The molecule has 0 spiro atoms. The van der Waals surface area contributed by atoms with E-state index < -0.39 is 0 Å². The summed E-state index contributed by atoms with van der Waals surface area (Å²) in [6.45, 7) is 3.22. The van der Waals surface area contributed by atoms with Gasteiger partial charge >= 0.3 is 0 Å². The zero-order valence-electron chi connectivity index (χ0n) is 12.9. The first-order valence-electron chi connectivity index (χ1n) is 7.69. The fourth-order valence-corrected chi connectivity index (χ4v) is 2.97. The van der Waals surface area contributed by atoms with Gasteiger partial charge in [-0.15, -0.1) is 0 Å². The number of piperidine rings is 1. The second-order valence-corrected chi connectivity index (χ2v) is 5.75. The lowest BCUT2D eigenvalue weighted by Gasteiger charge is -2.36. The number of halogens is 1. The minimum absolute atomic E-state index is 0.0280. The molecule has 1 aromatic carbocycles. The molecule has 1 heterocycles. The van der Waals surface area contributed by atoms with Crippen molar-refractivity contribution in [3.05, 3.63) is 35.1 Å². The van der Waals surface area contributed by atoms with Crippen LogP contribution in [0.25, 0.3) is 0 Å². The molecule has 21 heavy (non-hydrogen) atoms. The second-order valence-electron chi connectivity index (χ2n) is 5.75. The average molecular weight is 293 g/mol. The molecule has 1 fully saturated rings. The Balaban J connectivity index is 2.08. The lowest BCUT2D eigenvalue weighted by molar-refractivity contribution is 0.0585. The molecule has 1 saturated heterocycles. The summed E-state index contributed by atoms with van der Waals surface area (Å²) in [7, 11) is 1.70. The van der Waals surface area contributed by atoms with E-state index in [0.29, 0.717) is 11.1 Å². The van der Waals surface area contributed by atoms with Crippen molar-refractivity contribution in [3.63, 3.8) is 0 Å². The van der Waals surface area contributed by atoms with Crippen molar-refractivity contribution >= 4 is 5.91 Å². The summed E-state index contributed by atoms with van der Waals surface area (Å²) in [5.74, 6) is -0.234. The van der Waals surface area contributed by atoms with Gasteiger partial charge in [-0.2, -0.15) is 0 Å². The molecule has 2 rings (SSSR count). The number of carbonyl (C=O) groups is 1. The maximum absolute atomic E-state index is 13.3. The monoisotopic (exact) mass is 293 g/mol. The summed E-state index contributed by atoms with van der Waals surface area (Å²) in [5, 5.41) is 0. The minimum Gasteiger partial charge on any atom is -0.385 e. The van der Waals surface area contributed by atoms with Crippen LogP contribution < -0.4 is 0 Å². The topological polar surface area (TPSA) is 29.5 Å². The van der Waals surface area contributed by atoms with Gasteiger partial charge in [0.05, 0.1) is 0 Å². The van der Waals surface area contributed by atoms with Crippen LogP contribution in [0.4, 0.5) is 4.39 Å². The number of amides is 1. The summed E-state index contributed by atoms with van der Waals surface area (Å²) in [6.07, 6.45) is 5.21. The molecule has 0 N–H and O–H groups in total. The maximum Gasteiger partial charge on any atom is 0.254 e. The van der Waals surface area contributed by atoms with E-state index in [1.165, 1.54) is 12.5 Å². The minimum atomic E-state index is -0.262. The Morgan fingerprint density at radius 2 is 2.24 bits per heavy atom. The number of hydrogen-bond acceptors (Lipinski definition) is 2. The zero-order valence-corrected chi connectivity index (χ0v) is 12.9. The van der Waals surface area contributed by atoms with Crippen LogP contribution in [0.2, 0.25) is 0 Å². The van der Waals surface area contributed by atoms with Gasteiger partial charge in [0.25, 0.3) is 5.91 Å². The summed E-state index contributed by atoms with van der Waals surface area (Å²) in [6, 6.07) is 4.91. The number of nitrogens with zero attached hydrogens (tertiary/aromatic N) is 1. The van der Waals surface area contributed by atoms with Crippen molar-refractivity contribution in [2.24, 2.45) is 0 Å². The van der Waals surface area contributed by atoms with Gasteiger partial charge in [0.2, 0.25) is 0 Å². The number of aryl methyl sites for hydroxylation is 1. The number of carbonyl (C=O) groups excluding carboxylic acids is 1. The number of methoxy groups -OCH3 is 1. The van der Waals surface area contributed by atoms with E-state index in [2.05, 4.69) is 0 Å². The highest BCUT2D eigenvalue weighted by atomic mass is 19.1. The maximum atomic E-state index is 13.3. The highest BCUT2D eigenvalue weighted by molar-refractivity contribution is 5.94. The summed E-state index contributed by atoms with van der Waals surface area (Å²) < 4.78 is 18.4. The van der Waals surface area contributed by atoms with Crippen LogP contribution in [-0.2, 0) is 4.74 Å². The fraction of sp³-hybridized carbons (Fsp3) is 0.588. The predicted molar refractivity (Wildman–Crippen MR) is 80.9 cm³/mol. The molecule has 1 aliphatic heterocycles. The molecule has 3 nitrogen and oxygen atoms in total. The Morgan fingerprint density at radius 3 is 2.95 bits per heavy atom. The lowest BCUT2D eigenvalue weighted by atomic mass is 9.96. The van der Waals surface area contributed by atoms with Crippen LogP contribution in [0.3, 0.4) is 0 Å². The number of rotatable bonds is 5. The summed E-state index contributed by atoms with van der Waals surface area (Å²) in [4.78, 5) is 14.6. The van der Waals surface area contributed by atoms with Gasteiger partial charge < -0.3 is 9.64 Å². The van der Waals surface area contributed by atoms with E-state index in [0.717, 1.165) is 38.8 Å². The SMILES string of the molecule is COCCC[C@H]1CCCCN1C(=O)c1ccc(F)c(C)c1. The van der Waals surface area contributed by atoms with Gasteiger partial charge in [0.1, 0.15) is 5.82 Å². The summed E-state index contributed by atoms with van der Waals surface area (Å²) >= 11 is 0. The van der Waals surface area contributed by atoms with Crippen LogP contribution in [0.1, 0.15) is 48.0 Å². The first-order valence-corrected chi connectivity index (χ1v) is 7.69. The van der Waals surface area contributed by atoms with Gasteiger partial charge in [0.15, 0.2) is 0 Å². The van der Waals surface area contributed by atoms with Crippen molar-refractivity contribution < 1.29 is 13.9 Å². The quantitative estimate of drug-likeness (QED) is 0.777. The van der Waals surface area contributed by atoms with Gasteiger partial charge in [-0.1, -0.05) is 0 Å². The third-order valence-corrected chi connectivity index (χ3v) is 4.18. The van der Waals surface area contributed by atoms with Crippen LogP contribution in [0, 0.1) is 12.7 Å². The molecule has 1 amide bonds. The molecule has 4 heteroatoms. The Bertz CT molecular complexity index is 490. The molecular formula is C17H24FNO2.